The number of rotatable bonds is 4. The van der Waals surface area contributed by atoms with Gasteiger partial charge in [0.05, 0.1) is 11.1 Å². The van der Waals surface area contributed by atoms with Crippen LogP contribution in [0.5, 0.6) is 0 Å². The van der Waals surface area contributed by atoms with Crippen molar-refractivity contribution in [3.63, 3.8) is 0 Å². The standard InChI is InChI=1S/C22H21FN2O3/c1-15-5-4-12-25-19(26)13-18(24-20(15)25)14-28-21(27)22(10-2-3-11-22)16-6-8-17(23)9-7-16/h4-9,12-13H,2-3,10-11,14H2,1H3. The lowest BCUT2D eigenvalue weighted by atomic mass is 9.79. The van der Waals surface area contributed by atoms with Crippen molar-refractivity contribution in [1.82, 2.24) is 9.38 Å². The van der Waals surface area contributed by atoms with Crippen LogP contribution >= 0.6 is 0 Å². The predicted molar refractivity (Wildman–Crippen MR) is 103 cm³/mol. The van der Waals surface area contributed by atoms with Crippen LogP contribution in [0.15, 0.2) is 53.5 Å². The zero-order valence-electron chi connectivity index (χ0n) is 15.7. The van der Waals surface area contributed by atoms with Crippen LogP contribution in [0.3, 0.4) is 0 Å². The average Bonchev–Trinajstić information content (AvgIpc) is 3.19. The molecule has 0 N–H and O–H groups in total. The maximum Gasteiger partial charge on any atom is 0.316 e. The van der Waals surface area contributed by atoms with Crippen LogP contribution in [0.2, 0.25) is 0 Å². The van der Waals surface area contributed by atoms with Gasteiger partial charge in [0.15, 0.2) is 0 Å². The van der Waals surface area contributed by atoms with E-state index < -0.39 is 5.41 Å². The van der Waals surface area contributed by atoms with Crippen molar-refractivity contribution >= 4 is 11.6 Å². The summed E-state index contributed by atoms with van der Waals surface area (Å²) in [5, 5.41) is 0. The lowest BCUT2D eigenvalue weighted by Crippen LogP contribution is -2.34. The Morgan fingerprint density at radius 3 is 2.64 bits per heavy atom. The number of esters is 1. The molecular formula is C22H21FN2O3. The minimum absolute atomic E-state index is 0.0676. The van der Waals surface area contributed by atoms with E-state index in [9.17, 15) is 14.0 Å². The van der Waals surface area contributed by atoms with Gasteiger partial charge in [-0.25, -0.2) is 9.37 Å². The van der Waals surface area contributed by atoms with Gasteiger partial charge in [-0.15, -0.1) is 0 Å². The van der Waals surface area contributed by atoms with Crippen molar-refractivity contribution < 1.29 is 13.9 Å². The Kier molecular flexibility index (Phi) is 4.71. The van der Waals surface area contributed by atoms with Crippen molar-refractivity contribution in [3.05, 3.63) is 81.7 Å². The van der Waals surface area contributed by atoms with Gasteiger partial charge in [0, 0.05) is 12.3 Å². The predicted octanol–water partition coefficient (Wildman–Crippen LogP) is 3.70. The number of hydrogen-bond donors (Lipinski definition) is 0. The number of carbonyl (C=O) groups excluding carboxylic acids is 1. The van der Waals surface area contributed by atoms with Crippen molar-refractivity contribution in [3.8, 4) is 0 Å². The first-order valence-electron chi connectivity index (χ1n) is 9.41. The molecule has 2 aromatic heterocycles. The number of benzene rings is 1. The highest BCUT2D eigenvalue weighted by molar-refractivity contribution is 5.83. The number of nitrogens with zero attached hydrogens (tertiary/aromatic N) is 2. The molecule has 28 heavy (non-hydrogen) atoms. The second-order valence-corrected chi connectivity index (χ2v) is 7.34. The highest BCUT2D eigenvalue weighted by Gasteiger charge is 2.44. The molecule has 4 rings (SSSR count). The van der Waals surface area contributed by atoms with Crippen molar-refractivity contribution in [1.29, 1.82) is 0 Å². The summed E-state index contributed by atoms with van der Waals surface area (Å²) in [6.07, 6.45) is 4.84. The first kappa shape index (κ1) is 18.3. The number of fused-ring (bicyclic) bond motifs is 1. The van der Waals surface area contributed by atoms with E-state index in [2.05, 4.69) is 4.98 Å². The van der Waals surface area contributed by atoms with E-state index in [-0.39, 0.29) is 24.0 Å². The zero-order valence-corrected chi connectivity index (χ0v) is 15.7. The van der Waals surface area contributed by atoms with Gasteiger partial charge < -0.3 is 4.74 Å². The fourth-order valence-electron chi connectivity index (χ4n) is 4.02. The Labute approximate surface area is 161 Å². The third-order valence-corrected chi connectivity index (χ3v) is 5.54. The fraction of sp³-hybridized carbons (Fsp3) is 0.318. The maximum absolute atomic E-state index is 13.3. The van der Waals surface area contributed by atoms with Crippen LogP contribution < -0.4 is 5.56 Å². The van der Waals surface area contributed by atoms with E-state index in [0.29, 0.717) is 24.2 Å². The molecule has 0 bridgehead atoms. The first-order valence-corrected chi connectivity index (χ1v) is 9.41. The lowest BCUT2D eigenvalue weighted by molar-refractivity contribution is -0.152. The molecule has 0 amide bonds. The fourth-order valence-corrected chi connectivity index (χ4v) is 4.02. The summed E-state index contributed by atoms with van der Waals surface area (Å²) < 4.78 is 20.4. The van der Waals surface area contributed by atoms with Gasteiger partial charge in [0.1, 0.15) is 18.1 Å². The molecule has 0 atom stereocenters. The molecule has 5 nitrogen and oxygen atoms in total. The molecule has 1 aromatic carbocycles. The molecule has 0 spiro atoms. The molecule has 2 heterocycles. The molecule has 0 aliphatic heterocycles. The molecule has 0 unspecified atom stereocenters. The Bertz CT molecular complexity index is 1080. The Morgan fingerprint density at radius 2 is 1.93 bits per heavy atom. The number of pyridine rings is 1. The van der Waals surface area contributed by atoms with Crippen molar-refractivity contribution in [2.45, 2.75) is 44.6 Å². The minimum Gasteiger partial charge on any atom is -0.458 e. The second kappa shape index (κ2) is 7.19. The summed E-state index contributed by atoms with van der Waals surface area (Å²) >= 11 is 0. The Balaban J connectivity index is 1.59. The van der Waals surface area contributed by atoms with Crippen LogP contribution in [0.1, 0.15) is 42.5 Å². The average molecular weight is 380 g/mol. The van der Waals surface area contributed by atoms with E-state index in [0.717, 1.165) is 24.0 Å². The van der Waals surface area contributed by atoms with Crippen LogP contribution in [-0.2, 0) is 21.6 Å². The Morgan fingerprint density at radius 1 is 1.21 bits per heavy atom. The number of carbonyl (C=O) groups is 1. The molecule has 1 fully saturated rings. The topological polar surface area (TPSA) is 60.7 Å². The third kappa shape index (κ3) is 3.19. The summed E-state index contributed by atoms with van der Waals surface area (Å²) in [7, 11) is 0. The minimum atomic E-state index is -0.754. The first-order chi connectivity index (χ1) is 13.5. The highest BCUT2D eigenvalue weighted by atomic mass is 19.1. The molecule has 1 aliphatic rings. The number of halogens is 1. The summed E-state index contributed by atoms with van der Waals surface area (Å²) in [5.74, 6) is -0.676. The number of aromatic nitrogens is 2. The number of hydrogen-bond acceptors (Lipinski definition) is 4. The Hall–Kier alpha value is -3.02. The van der Waals surface area contributed by atoms with E-state index >= 15 is 0 Å². The van der Waals surface area contributed by atoms with Gasteiger partial charge in [-0.2, -0.15) is 0 Å². The molecule has 0 radical (unpaired) electrons. The van der Waals surface area contributed by atoms with E-state index in [1.54, 1.807) is 24.4 Å². The molecule has 6 heteroatoms. The summed E-state index contributed by atoms with van der Waals surface area (Å²) in [4.78, 5) is 29.8. The number of aryl methyl sites for hydroxylation is 1. The summed E-state index contributed by atoms with van der Waals surface area (Å²) in [6.45, 7) is 1.81. The van der Waals surface area contributed by atoms with Gasteiger partial charge >= 0.3 is 5.97 Å². The second-order valence-electron chi connectivity index (χ2n) is 7.34. The van der Waals surface area contributed by atoms with Crippen LogP contribution in [0.25, 0.3) is 5.65 Å². The maximum atomic E-state index is 13.3. The monoisotopic (exact) mass is 380 g/mol. The van der Waals surface area contributed by atoms with E-state index in [4.69, 9.17) is 4.74 Å². The van der Waals surface area contributed by atoms with Gasteiger partial charge in [-0.1, -0.05) is 31.0 Å². The molecule has 0 saturated heterocycles. The smallest absolute Gasteiger partial charge is 0.316 e. The van der Waals surface area contributed by atoms with Gasteiger partial charge in [0.25, 0.3) is 5.56 Å². The highest BCUT2D eigenvalue weighted by Crippen LogP contribution is 2.42. The molecule has 1 saturated carbocycles. The van der Waals surface area contributed by atoms with E-state index in [1.807, 2.05) is 13.0 Å². The summed E-state index contributed by atoms with van der Waals surface area (Å²) in [6, 6.07) is 11.1. The molecule has 1 aliphatic carbocycles. The lowest BCUT2D eigenvalue weighted by Gasteiger charge is -2.27. The molecule has 144 valence electrons. The molecular weight excluding hydrogens is 359 g/mol. The van der Waals surface area contributed by atoms with Gasteiger partial charge in [-0.3, -0.25) is 14.0 Å². The van der Waals surface area contributed by atoms with Crippen LogP contribution in [0.4, 0.5) is 4.39 Å². The SMILES string of the molecule is Cc1cccn2c(=O)cc(COC(=O)C3(c4ccc(F)cc4)CCCC3)nc12. The van der Waals surface area contributed by atoms with Crippen molar-refractivity contribution in [2.24, 2.45) is 0 Å². The zero-order chi connectivity index (χ0) is 19.7. The van der Waals surface area contributed by atoms with Crippen LogP contribution in [0, 0.1) is 12.7 Å². The normalized spacial score (nSPS) is 15.6. The van der Waals surface area contributed by atoms with E-state index in [1.165, 1.54) is 22.6 Å². The molecule has 3 aromatic rings. The van der Waals surface area contributed by atoms with Gasteiger partial charge in [-0.05, 0) is 49.1 Å². The quantitative estimate of drug-likeness (QED) is 0.648. The van der Waals surface area contributed by atoms with Gasteiger partial charge in [0.2, 0.25) is 0 Å². The third-order valence-electron chi connectivity index (χ3n) is 5.54. The van der Waals surface area contributed by atoms with Crippen LogP contribution in [-0.4, -0.2) is 15.4 Å². The summed E-state index contributed by atoms with van der Waals surface area (Å²) in [5.41, 5.74) is 1.64. The number of ether oxygens (including phenoxy) is 1. The largest absolute Gasteiger partial charge is 0.458 e. The van der Waals surface area contributed by atoms with Crippen molar-refractivity contribution in [2.75, 3.05) is 0 Å².